The summed E-state index contributed by atoms with van der Waals surface area (Å²) in [5.41, 5.74) is 10.1. The number of methoxy groups -OCH3 is 1. The Morgan fingerprint density at radius 3 is 2.62 bits per heavy atom. The molecule has 0 aliphatic heterocycles. The Balaban J connectivity index is 3.88. The second-order valence-electron chi connectivity index (χ2n) is 3.15. The number of hydrogen-bond acceptors (Lipinski definition) is 4. The quantitative estimate of drug-likeness (QED) is 0.474. The SMILES string of the molecule is COC(=O)C(C)(N)CC/C=C/CN. The van der Waals surface area contributed by atoms with Crippen molar-refractivity contribution >= 4 is 5.97 Å². The molecule has 0 aromatic heterocycles. The van der Waals surface area contributed by atoms with Gasteiger partial charge in [-0.3, -0.25) is 4.79 Å². The zero-order valence-electron chi connectivity index (χ0n) is 8.25. The third-order valence-corrected chi connectivity index (χ3v) is 1.78. The number of rotatable bonds is 5. The lowest BCUT2D eigenvalue weighted by molar-refractivity contribution is -0.146. The number of allylic oxidation sites excluding steroid dienone is 1. The average Bonchev–Trinajstić information content (AvgIpc) is 2.11. The molecule has 4 heteroatoms. The van der Waals surface area contributed by atoms with Crippen molar-refractivity contribution in [3.63, 3.8) is 0 Å². The van der Waals surface area contributed by atoms with E-state index in [-0.39, 0.29) is 5.97 Å². The lowest BCUT2D eigenvalue weighted by Crippen LogP contribution is -2.45. The zero-order valence-corrected chi connectivity index (χ0v) is 8.25. The molecule has 1 atom stereocenters. The van der Waals surface area contributed by atoms with Gasteiger partial charge >= 0.3 is 5.97 Å². The van der Waals surface area contributed by atoms with E-state index in [2.05, 4.69) is 4.74 Å². The van der Waals surface area contributed by atoms with Crippen LogP contribution in [0.3, 0.4) is 0 Å². The van der Waals surface area contributed by atoms with Crippen LogP contribution < -0.4 is 11.5 Å². The Labute approximate surface area is 78.9 Å². The fraction of sp³-hybridized carbons (Fsp3) is 0.667. The summed E-state index contributed by atoms with van der Waals surface area (Å²) in [6.07, 6.45) is 5.05. The van der Waals surface area contributed by atoms with Crippen LogP contribution in [-0.4, -0.2) is 25.2 Å². The van der Waals surface area contributed by atoms with E-state index in [1.54, 1.807) is 6.92 Å². The summed E-state index contributed by atoms with van der Waals surface area (Å²) in [5, 5.41) is 0. The van der Waals surface area contributed by atoms with Crippen LogP contribution >= 0.6 is 0 Å². The standard InChI is InChI=1S/C9H18N2O2/c1-9(11,8(12)13-2)6-4-3-5-7-10/h3,5H,4,6-7,10-11H2,1-2H3/b5-3+. The number of nitrogens with two attached hydrogens (primary N) is 2. The number of ether oxygens (including phenoxy) is 1. The van der Waals surface area contributed by atoms with Gasteiger partial charge in [0.25, 0.3) is 0 Å². The summed E-state index contributed by atoms with van der Waals surface area (Å²) in [6.45, 7) is 2.18. The van der Waals surface area contributed by atoms with Gasteiger partial charge in [-0.15, -0.1) is 0 Å². The van der Waals surface area contributed by atoms with Crippen molar-refractivity contribution in [2.45, 2.75) is 25.3 Å². The maximum atomic E-state index is 11.1. The molecule has 0 rings (SSSR count). The van der Waals surface area contributed by atoms with Crippen LogP contribution in [-0.2, 0) is 9.53 Å². The van der Waals surface area contributed by atoms with Crippen molar-refractivity contribution in [3.05, 3.63) is 12.2 Å². The third kappa shape index (κ3) is 4.65. The van der Waals surface area contributed by atoms with Crippen LogP contribution in [0.25, 0.3) is 0 Å². The fourth-order valence-electron chi connectivity index (χ4n) is 0.932. The fourth-order valence-corrected chi connectivity index (χ4v) is 0.932. The first-order chi connectivity index (χ1) is 6.04. The molecular formula is C9H18N2O2. The van der Waals surface area contributed by atoms with Gasteiger partial charge in [0.2, 0.25) is 0 Å². The summed E-state index contributed by atoms with van der Waals surface area (Å²) in [5.74, 6) is -0.381. The van der Waals surface area contributed by atoms with Crippen LogP contribution in [0, 0.1) is 0 Å². The minimum atomic E-state index is -0.895. The predicted molar refractivity (Wildman–Crippen MR) is 52.0 cm³/mol. The molecular weight excluding hydrogens is 168 g/mol. The number of carbonyl (C=O) groups excluding carboxylic acids is 1. The van der Waals surface area contributed by atoms with Gasteiger partial charge in [-0.2, -0.15) is 0 Å². The predicted octanol–water partition coefficient (Wildman–Crippen LogP) is 0.172. The number of hydrogen-bond donors (Lipinski definition) is 2. The van der Waals surface area contributed by atoms with E-state index < -0.39 is 5.54 Å². The van der Waals surface area contributed by atoms with Crippen LogP contribution in [0.2, 0.25) is 0 Å². The van der Waals surface area contributed by atoms with Crippen LogP contribution in [0.5, 0.6) is 0 Å². The smallest absolute Gasteiger partial charge is 0.325 e. The van der Waals surface area contributed by atoms with Gasteiger partial charge in [-0.1, -0.05) is 12.2 Å². The van der Waals surface area contributed by atoms with Gasteiger partial charge in [0.15, 0.2) is 0 Å². The normalized spacial score (nSPS) is 15.7. The maximum Gasteiger partial charge on any atom is 0.325 e. The maximum absolute atomic E-state index is 11.1. The van der Waals surface area contributed by atoms with Crippen molar-refractivity contribution < 1.29 is 9.53 Å². The van der Waals surface area contributed by atoms with E-state index in [4.69, 9.17) is 11.5 Å². The molecule has 0 saturated heterocycles. The molecule has 0 aliphatic carbocycles. The molecule has 0 aromatic rings. The molecule has 0 saturated carbocycles. The molecule has 76 valence electrons. The van der Waals surface area contributed by atoms with Crippen molar-refractivity contribution in [2.75, 3.05) is 13.7 Å². The third-order valence-electron chi connectivity index (χ3n) is 1.78. The molecule has 13 heavy (non-hydrogen) atoms. The molecule has 0 radical (unpaired) electrons. The van der Waals surface area contributed by atoms with Gasteiger partial charge in [0, 0.05) is 6.54 Å². The van der Waals surface area contributed by atoms with Crippen molar-refractivity contribution in [1.82, 2.24) is 0 Å². The van der Waals surface area contributed by atoms with Crippen LogP contribution in [0.4, 0.5) is 0 Å². The highest BCUT2D eigenvalue weighted by Gasteiger charge is 2.27. The highest BCUT2D eigenvalue weighted by Crippen LogP contribution is 2.10. The Kier molecular flexibility index (Phi) is 5.34. The minimum Gasteiger partial charge on any atom is -0.468 e. The molecule has 0 spiro atoms. The largest absolute Gasteiger partial charge is 0.468 e. The second-order valence-corrected chi connectivity index (χ2v) is 3.15. The molecule has 4 N–H and O–H groups in total. The molecule has 1 unspecified atom stereocenters. The van der Waals surface area contributed by atoms with Crippen molar-refractivity contribution in [1.29, 1.82) is 0 Å². The van der Waals surface area contributed by atoms with Gasteiger partial charge in [0.05, 0.1) is 7.11 Å². The Morgan fingerprint density at radius 1 is 1.54 bits per heavy atom. The van der Waals surface area contributed by atoms with E-state index in [0.717, 1.165) is 6.42 Å². The van der Waals surface area contributed by atoms with Crippen LogP contribution in [0.15, 0.2) is 12.2 Å². The highest BCUT2D eigenvalue weighted by molar-refractivity contribution is 5.79. The van der Waals surface area contributed by atoms with Crippen molar-refractivity contribution in [2.24, 2.45) is 11.5 Å². The van der Waals surface area contributed by atoms with E-state index >= 15 is 0 Å². The molecule has 0 amide bonds. The van der Waals surface area contributed by atoms with Gasteiger partial charge in [0.1, 0.15) is 5.54 Å². The average molecular weight is 186 g/mol. The first kappa shape index (κ1) is 12.1. The molecule has 0 heterocycles. The Morgan fingerprint density at radius 2 is 2.15 bits per heavy atom. The number of esters is 1. The monoisotopic (exact) mass is 186 g/mol. The first-order valence-electron chi connectivity index (χ1n) is 4.27. The number of carbonyl (C=O) groups is 1. The van der Waals surface area contributed by atoms with Gasteiger partial charge in [-0.05, 0) is 19.8 Å². The van der Waals surface area contributed by atoms with Crippen molar-refractivity contribution in [3.8, 4) is 0 Å². The molecule has 0 fully saturated rings. The first-order valence-corrected chi connectivity index (χ1v) is 4.27. The van der Waals surface area contributed by atoms with Crippen LogP contribution in [0.1, 0.15) is 19.8 Å². The van der Waals surface area contributed by atoms with E-state index in [0.29, 0.717) is 13.0 Å². The molecule has 0 bridgehead atoms. The minimum absolute atomic E-state index is 0.381. The Bertz CT molecular complexity index is 188. The lowest BCUT2D eigenvalue weighted by atomic mass is 9.97. The summed E-state index contributed by atoms with van der Waals surface area (Å²) in [7, 11) is 1.34. The Hall–Kier alpha value is -0.870. The molecule has 4 nitrogen and oxygen atoms in total. The lowest BCUT2D eigenvalue weighted by Gasteiger charge is -2.20. The molecule has 0 aromatic carbocycles. The topological polar surface area (TPSA) is 78.3 Å². The second kappa shape index (κ2) is 5.72. The summed E-state index contributed by atoms with van der Waals surface area (Å²) in [6, 6.07) is 0. The molecule has 0 aliphatic rings. The van der Waals surface area contributed by atoms with Gasteiger partial charge < -0.3 is 16.2 Å². The van der Waals surface area contributed by atoms with E-state index in [1.165, 1.54) is 7.11 Å². The summed E-state index contributed by atoms with van der Waals surface area (Å²) < 4.78 is 4.56. The summed E-state index contributed by atoms with van der Waals surface area (Å²) in [4.78, 5) is 11.1. The summed E-state index contributed by atoms with van der Waals surface area (Å²) >= 11 is 0. The van der Waals surface area contributed by atoms with Gasteiger partial charge in [-0.25, -0.2) is 0 Å². The zero-order chi connectivity index (χ0) is 10.3. The highest BCUT2D eigenvalue weighted by atomic mass is 16.5. The van der Waals surface area contributed by atoms with E-state index in [1.807, 2.05) is 12.2 Å². The van der Waals surface area contributed by atoms with E-state index in [9.17, 15) is 4.79 Å².